The Bertz CT molecular complexity index is 522. The van der Waals surface area contributed by atoms with Gasteiger partial charge in [-0.25, -0.2) is 4.79 Å². The molecule has 1 aliphatic heterocycles. The number of rotatable bonds is 3. The van der Waals surface area contributed by atoms with Gasteiger partial charge in [0, 0.05) is 13.1 Å². The average Bonchev–Trinajstić information content (AvgIpc) is 2.42. The van der Waals surface area contributed by atoms with Gasteiger partial charge >= 0.3 is 6.09 Å². The third-order valence-corrected chi connectivity index (χ3v) is 3.44. The number of nitrogens with zero attached hydrogens (tertiary/aromatic N) is 1. The third kappa shape index (κ3) is 4.76. The fraction of sp³-hybridized carbons (Fsp3) is 0.529. The average molecular weight is 304 g/mol. The summed E-state index contributed by atoms with van der Waals surface area (Å²) in [6.45, 7) is 6.71. The predicted octanol–water partition coefficient (Wildman–Crippen LogP) is 2.70. The van der Waals surface area contributed by atoms with Crippen LogP contribution in [0.1, 0.15) is 39.2 Å². The number of benzene rings is 1. The van der Waals surface area contributed by atoms with E-state index in [0.29, 0.717) is 13.0 Å². The standard InChI is InChI=1S/C17H24N2O3/c1-17(2,3)22-16(21)18-14-10-7-11-19(15(14)20)12-13-8-5-4-6-9-13/h4-6,8-9,14H,7,10-12H2,1-3H3,(H,18,21)/t14-/m0/s1. The monoisotopic (exact) mass is 304 g/mol. The Hall–Kier alpha value is -2.04. The molecular weight excluding hydrogens is 280 g/mol. The van der Waals surface area contributed by atoms with Gasteiger partial charge in [-0.05, 0) is 39.2 Å². The SMILES string of the molecule is CC(C)(C)OC(=O)N[C@H]1CCCN(Cc2ccccc2)C1=O. The number of carbonyl (C=O) groups excluding carboxylic acids is 2. The summed E-state index contributed by atoms with van der Waals surface area (Å²) in [5, 5.41) is 2.69. The van der Waals surface area contributed by atoms with Gasteiger partial charge < -0.3 is 15.0 Å². The van der Waals surface area contributed by atoms with E-state index in [1.165, 1.54) is 0 Å². The second-order valence-electron chi connectivity index (χ2n) is 6.59. The number of carbonyl (C=O) groups is 2. The minimum Gasteiger partial charge on any atom is -0.444 e. The Balaban J connectivity index is 1.94. The highest BCUT2D eigenvalue weighted by Crippen LogP contribution is 2.16. The van der Waals surface area contributed by atoms with Gasteiger partial charge in [0.2, 0.25) is 5.91 Å². The maximum Gasteiger partial charge on any atom is 0.408 e. The Kier molecular flexibility index (Phi) is 5.06. The van der Waals surface area contributed by atoms with Gasteiger partial charge in [-0.3, -0.25) is 4.79 Å². The predicted molar refractivity (Wildman–Crippen MR) is 84.3 cm³/mol. The molecule has 0 spiro atoms. The van der Waals surface area contributed by atoms with Crippen LogP contribution in [0.3, 0.4) is 0 Å². The quantitative estimate of drug-likeness (QED) is 0.934. The Morgan fingerprint density at radius 3 is 2.64 bits per heavy atom. The molecule has 0 saturated carbocycles. The lowest BCUT2D eigenvalue weighted by Crippen LogP contribution is -2.52. The topological polar surface area (TPSA) is 58.6 Å². The van der Waals surface area contributed by atoms with Gasteiger partial charge in [-0.15, -0.1) is 0 Å². The van der Waals surface area contributed by atoms with Crippen molar-refractivity contribution in [3.63, 3.8) is 0 Å². The zero-order chi connectivity index (χ0) is 16.2. The number of hydrogen-bond donors (Lipinski definition) is 1. The van der Waals surface area contributed by atoms with E-state index in [1.54, 1.807) is 25.7 Å². The molecule has 1 aliphatic rings. The Morgan fingerprint density at radius 2 is 2.00 bits per heavy atom. The van der Waals surface area contributed by atoms with Crippen LogP contribution < -0.4 is 5.32 Å². The maximum absolute atomic E-state index is 12.5. The molecule has 2 amide bonds. The lowest BCUT2D eigenvalue weighted by molar-refractivity contribution is -0.136. The summed E-state index contributed by atoms with van der Waals surface area (Å²) in [7, 11) is 0. The van der Waals surface area contributed by atoms with E-state index in [4.69, 9.17) is 4.74 Å². The molecule has 1 aromatic carbocycles. The second-order valence-corrected chi connectivity index (χ2v) is 6.59. The fourth-order valence-electron chi connectivity index (χ4n) is 2.48. The van der Waals surface area contributed by atoms with Crippen LogP contribution in [0.15, 0.2) is 30.3 Å². The molecule has 0 radical (unpaired) electrons. The summed E-state index contributed by atoms with van der Waals surface area (Å²) in [6.07, 6.45) is 0.995. The lowest BCUT2D eigenvalue weighted by Gasteiger charge is -2.33. The highest BCUT2D eigenvalue weighted by Gasteiger charge is 2.31. The molecule has 0 bridgehead atoms. The van der Waals surface area contributed by atoms with Crippen molar-refractivity contribution >= 4 is 12.0 Å². The smallest absolute Gasteiger partial charge is 0.408 e. The van der Waals surface area contributed by atoms with E-state index < -0.39 is 17.7 Å². The molecule has 1 aromatic rings. The van der Waals surface area contributed by atoms with Crippen LogP contribution in [0.5, 0.6) is 0 Å². The molecule has 1 atom stereocenters. The summed E-state index contributed by atoms with van der Waals surface area (Å²) in [5.74, 6) is -0.0408. The van der Waals surface area contributed by atoms with Crippen molar-refractivity contribution in [2.45, 2.75) is 51.8 Å². The molecule has 0 unspecified atom stereocenters. The Morgan fingerprint density at radius 1 is 1.32 bits per heavy atom. The summed E-state index contributed by atoms with van der Waals surface area (Å²) in [5.41, 5.74) is 0.527. The summed E-state index contributed by atoms with van der Waals surface area (Å²) in [4.78, 5) is 26.1. The van der Waals surface area contributed by atoms with Crippen molar-refractivity contribution < 1.29 is 14.3 Å². The first-order valence-corrected chi connectivity index (χ1v) is 7.67. The zero-order valence-corrected chi connectivity index (χ0v) is 13.5. The number of likely N-dealkylation sites (tertiary alicyclic amines) is 1. The van der Waals surface area contributed by atoms with Crippen molar-refractivity contribution in [3.8, 4) is 0 Å². The fourth-order valence-corrected chi connectivity index (χ4v) is 2.48. The van der Waals surface area contributed by atoms with Gasteiger partial charge in [0.25, 0.3) is 0 Å². The largest absolute Gasteiger partial charge is 0.444 e. The van der Waals surface area contributed by atoms with E-state index in [1.807, 2.05) is 30.3 Å². The van der Waals surface area contributed by atoms with Crippen LogP contribution in [-0.2, 0) is 16.1 Å². The number of amides is 2. The lowest BCUT2D eigenvalue weighted by atomic mass is 10.0. The molecular formula is C17H24N2O3. The van der Waals surface area contributed by atoms with Gasteiger partial charge in [0.15, 0.2) is 0 Å². The van der Waals surface area contributed by atoms with Crippen LogP contribution in [0.25, 0.3) is 0 Å². The van der Waals surface area contributed by atoms with E-state index >= 15 is 0 Å². The van der Waals surface area contributed by atoms with Gasteiger partial charge in [0.05, 0.1) is 0 Å². The van der Waals surface area contributed by atoms with Crippen LogP contribution in [0.4, 0.5) is 4.79 Å². The first-order valence-electron chi connectivity index (χ1n) is 7.67. The highest BCUT2D eigenvalue weighted by molar-refractivity contribution is 5.86. The molecule has 5 nitrogen and oxygen atoms in total. The highest BCUT2D eigenvalue weighted by atomic mass is 16.6. The van der Waals surface area contributed by atoms with Crippen LogP contribution >= 0.6 is 0 Å². The third-order valence-electron chi connectivity index (χ3n) is 3.44. The molecule has 2 rings (SSSR count). The molecule has 0 aromatic heterocycles. The van der Waals surface area contributed by atoms with Crippen LogP contribution in [0, 0.1) is 0 Å². The first-order chi connectivity index (χ1) is 10.3. The van der Waals surface area contributed by atoms with Gasteiger partial charge in [-0.1, -0.05) is 30.3 Å². The number of piperidine rings is 1. The number of nitrogens with one attached hydrogen (secondary N) is 1. The number of hydrogen-bond acceptors (Lipinski definition) is 3. The first kappa shape index (κ1) is 16.3. The molecule has 1 N–H and O–H groups in total. The molecule has 0 aliphatic carbocycles. The summed E-state index contributed by atoms with van der Waals surface area (Å²) in [6, 6.07) is 9.37. The molecule has 22 heavy (non-hydrogen) atoms. The van der Waals surface area contributed by atoms with Crippen molar-refractivity contribution in [2.24, 2.45) is 0 Å². The second kappa shape index (κ2) is 6.81. The van der Waals surface area contributed by atoms with E-state index in [2.05, 4.69) is 5.32 Å². The molecule has 1 heterocycles. The van der Waals surface area contributed by atoms with Crippen LogP contribution in [0.2, 0.25) is 0 Å². The van der Waals surface area contributed by atoms with Crippen molar-refractivity contribution in [1.29, 1.82) is 0 Å². The molecule has 5 heteroatoms. The minimum atomic E-state index is -0.564. The molecule has 1 fully saturated rings. The zero-order valence-electron chi connectivity index (χ0n) is 13.5. The number of alkyl carbamates (subject to hydrolysis) is 1. The van der Waals surface area contributed by atoms with Gasteiger partial charge in [0.1, 0.15) is 11.6 Å². The molecule has 1 saturated heterocycles. The van der Waals surface area contributed by atoms with E-state index in [-0.39, 0.29) is 5.91 Å². The van der Waals surface area contributed by atoms with Crippen molar-refractivity contribution in [2.75, 3.05) is 6.54 Å². The van der Waals surface area contributed by atoms with Gasteiger partial charge in [-0.2, -0.15) is 0 Å². The van der Waals surface area contributed by atoms with Crippen LogP contribution in [-0.4, -0.2) is 35.1 Å². The van der Waals surface area contributed by atoms with Crippen molar-refractivity contribution in [3.05, 3.63) is 35.9 Å². The minimum absolute atomic E-state index is 0.0408. The summed E-state index contributed by atoms with van der Waals surface area (Å²) >= 11 is 0. The molecule has 120 valence electrons. The van der Waals surface area contributed by atoms with E-state index in [0.717, 1.165) is 18.5 Å². The number of ether oxygens (including phenoxy) is 1. The Labute approximate surface area is 131 Å². The van der Waals surface area contributed by atoms with Crippen molar-refractivity contribution in [1.82, 2.24) is 10.2 Å². The summed E-state index contributed by atoms with van der Waals surface area (Å²) < 4.78 is 5.22. The maximum atomic E-state index is 12.5. The van der Waals surface area contributed by atoms with E-state index in [9.17, 15) is 9.59 Å². The normalized spacial score (nSPS) is 19.0.